The second kappa shape index (κ2) is 5.09. The number of nitrogens with one attached hydrogen (secondary N) is 1. The van der Waals surface area contributed by atoms with Crippen molar-refractivity contribution in [3.8, 4) is 11.3 Å². The van der Waals surface area contributed by atoms with E-state index in [1.54, 1.807) is 37.3 Å². The first-order chi connectivity index (χ1) is 10.4. The fourth-order valence-corrected chi connectivity index (χ4v) is 2.67. The van der Waals surface area contributed by atoms with Crippen molar-refractivity contribution in [1.29, 1.82) is 0 Å². The lowest BCUT2D eigenvalue weighted by atomic mass is 10.1. The summed E-state index contributed by atoms with van der Waals surface area (Å²) in [5.41, 5.74) is 0.840. The Morgan fingerprint density at radius 2 is 1.95 bits per heavy atom. The van der Waals surface area contributed by atoms with Crippen molar-refractivity contribution in [3.05, 3.63) is 35.3 Å². The first kappa shape index (κ1) is 14.5. The molecule has 0 unspecified atom stereocenters. The number of benzene rings is 1. The molecule has 2 aromatic heterocycles. The van der Waals surface area contributed by atoms with E-state index >= 15 is 0 Å². The average Bonchev–Trinajstić information content (AvgIpc) is 2.96. The number of alkyl halides is 3. The number of imidazole rings is 1. The Morgan fingerprint density at radius 1 is 1.27 bits per heavy atom. The van der Waals surface area contributed by atoms with Gasteiger partial charge in [0.2, 0.25) is 4.96 Å². The van der Waals surface area contributed by atoms with Crippen LogP contribution in [0.15, 0.2) is 30.3 Å². The summed E-state index contributed by atoms with van der Waals surface area (Å²) in [6, 6.07) is 8.64. The van der Waals surface area contributed by atoms with Crippen molar-refractivity contribution in [1.82, 2.24) is 14.6 Å². The Morgan fingerprint density at radius 3 is 2.59 bits per heavy atom. The molecule has 22 heavy (non-hydrogen) atoms. The van der Waals surface area contributed by atoms with Gasteiger partial charge in [-0.05, 0) is 6.92 Å². The second-order valence-corrected chi connectivity index (χ2v) is 5.60. The highest BCUT2D eigenvalue weighted by Gasteiger charge is 2.40. The van der Waals surface area contributed by atoms with Gasteiger partial charge >= 0.3 is 12.1 Å². The van der Waals surface area contributed by atoms with Gasteiger partial charge in [-0.25, -0.2) is 4.98 Å². The van der Waals surface area contributed by atoms with Crippen LogP contribution in [0.5, 0.6) is 0 Å². The van der Waals surface area contributed by atoms with Crippen molar-refractivity contribution in [3.63, 3.8) is 0 Å². The molecular weight excluding hydrogens is 317 g/mol. The minimum atomic E-state index is -4.98. The summed E-state index contributed by atoms with van der Waals surface area (Å²) in [6.07, 6.45) is -4.98. The topological polar surface area (TPSA) is 59.3 Å². The van der Waals surface area contributed by atoms with E-state index in [2.05, 4.69) is 10.1 Å². The number of anilines is 1. The Hall–Kier alpha value is -2.42. The van der Waals surface area contributed by atoms with Gasteiger partial charge in [0.1, 0.15) is 10.7 Å². The molecule has 1 N–H and O–H groups in total. The summed E-state index contributed by atoms with van der Waals surface area (Å²) in [7, 11) is 0. The van der Waals surface area contributed by atoms with Crippen molar-refractivity contribution in [2.24, 2.45) is 0 Å². The SMILES string of the molecule is Cc1nn2c(NC(=O)C(F)(F)F)c(-c3ccccc3)nc2s1. The Kier molecular flexibility index (Phi) is 3.36. The third kappa shape index (κ3) is 2.54. The molecule has 0 radical (unpaired) electrons. The number of carbonyl (C=O) groups is 1. The molecule has 3 rings (SSSR count). The van der Waals surface area contributed by atoms with Gasteiger partial charge in [0.05, 0.1) is 0 Å². The number of nitrogens with zero attached hydrogens (tertiary/aromatic N) is 3. The number of hydrogen-bond acceptors (Lipinski definition) is 4. The second-order valence-electron chi connectivity index (χ2n) is 4.44. The van der Waals surface area contributed by atoms with Crippen molar-refractivity contribution < 1.29 is 18.0 Å². The van der Waals surface area contributed by atoms with E-state index in [1.165, 1.54) is 15.9 Å². The molecule has 114 valence electrons. The van der Waals surface area contributed by atoms with Crippen LogP contribution in [-0.2, 0) is 4.79 Å². The zero-order chi connectivity index (χ0) is 15.9. The minimum Gasteiger partial charge on any atom is -0.301 e. The standard InChI is InChI=1S/C13H9F3N4OS/c1-7-19-20-10(18-11(21)13(14,15)16)9(17-12(20)22-7)8-5-3-2-4-6-8/h2-6H,1H3,(H,18,21). The van der Waals surface area contributed by atoms with E-state index < -0.39 is 12.1 Å². The van der Waals surface area contributed by atoms with E-state index in [-0.39, 0.29) is 11.5 Å². The maximum atomic E-state index is 12.5. The van der Waals surface area contributed by atoms with E-state index in [9.17, 15) is 18.0 Å². The van der Waals surface area contributed by atoms with E-state index in [0.29, 0.717) is 15.5 Å². The maximum Gasteiger partial charge on any atom is 0.471 e. The largest absolute Gasteiger partial charge is 0.471 e. The number of fused-ring (bicyclic) bond motifs is 1. The van der Waals surface area contributed by atoms with Gasteiger partial charge in [-0.2, -0.15) is 22.8 Å². The summed E-state index contributed by atoms with van der Waals surface area (Å²) < 4.78 is 38.8. The highest BCUT2D eigenvalue weighted by atomic mass is 32.1. The number of rotatable bonds is 2. The van der Waals surface area contributed by atoms with Crippen LogP contribution in [0.25, 0.3) is 16.2 Å². The molecule has 0 spiro atoms. The molecule has 3 aromatic rings. The lowest BCUT2D eigenvalue weighted by Crippen LogP contribution is -2.30. The Labute approximate surface area is 126 Å². The normalized spacial score (nSPS) is 11.8. The molecule has 0 fully saturated rings. The number of amides is 1. The quantitative estimate of drug-likeness (QED) is 0.786. The van der Waals surface area contributed by atoms with E-state index in [0.717, 1.165) is 0 Å². The van der Waals surface area contributed by atoms with Gasteiger partial charge < -0.3 is 5.32 Å². The van der Waals surface area contributed by atoms with Crippen molar-refractivity contribution in [2.45, 2.75) is 13.1 Å². The number of aromatic nitrogens is 3. The highest BCUT2D eigenvalue weighted by molar-refractivity contribution is 7.16. The van der Waals surface area contributed by atoms with Crippen LogP contribution in [0, 0.1) is 6.92 Å². The van der Waals surface area contributed by atoms with Gasteiger partial charge in [-0.1, -0.05) is 41.7 Å². The summed E-state index contributed by atoms with van der Waals surface area (Å²) >= 11 is 1.22. The molecule has 1 aromatic carbocycles. The fourth-order valence-electron chi connectivity index (χ4n) is 1.93. The van der Waals surface area contributed by atoms with Gasteiger partial charge in [-0.15, -0.1) is 0 Å². The van der Waals surface area contributed by atoms with Crippen LogP contribution in [0.2, 0.25) is 0 Å². The smallest absolute Gasteiger partial charge is 0.301 e. The zero-order valence-corrected chi connectivity index (χ0v) is 12.0. The molecule has 0 saturated heterocycles. The predicted molar refractivity (Wildman–Crippen MR) is 75.7 cm³/mol. The summed E-state index contributed by atoms with van der Waals surface area (Å²) in [4.78, 5) is 16.0. The van der Waals surface area contributed by atoms with E-state index in [4.69, 9.17) is 0 Å². The number of hydrogen-bond donors (Lipinski definition) is 1. The number of carbonyl (C=O) groups excluding carboxylic acids is 1. The molecule has 0 aliphatic heterocycles. The lowest BCUT2D eigenvalue weighted by molar-refractivity contribution is -0.167. The summed E-state index contributed by atoms with van der Waals surface area (Å²) in [5, 5.41) is 6.58. The van der Waals surface area contributed by atoms with E-state index in [1.807, 2.05) is 5.32 Å². The molecule has 5 nitrogen and oxygen atoms in total. The molecule has 0 atom stereocenters. The third-order valence-corrected chi connectivity index (χ3v) is 3.67. The van der Waals surface area contributed by atoms with Crippen molar-refractivity contribution in [2.75, 3.05) is 5.32 Å². The van der Waals surface area contributed by atoms with Gasteiger partial charge in [-0.3, -0.25) is 4.79 Å². The van der Waals surface area contributed by atoms with Crippen LogP contribution in [0.1, 0.15) is 5.01 Å². The van der Waals surface area contributed by atoms with Crippen LogP contribution in [-0.4, -0.2) is 26.7 Å². The molecule has 0 aliphatic carbocycles. The average molecular weight is 326 g/mol. The van der Waals surface area contributed by atoms with Crippen LogP contribution < -0.4 is 5.32 Å². The van der Waals surface area contributed by atoms with Gasteiger partial charge in [0, 0.05) is 5.56 Å². The number of aryl methyl sites for hydroxylation is 1. The van der Waals surface area contributed by atoms with Crippen LogP contribution in [0.4, 0.5) is 19.0 Å². The Balaban J connectivity index is 2.14. The fraction of sp³-hybridized carbons (Fsp3) is 0.154. The molecular formula is C13H9F3N4OS. The molecule has 0 aliphatic rings. The van der Waals surface area contributed by atoms with Crippen LogP contribution >= 0.6 is 11.3 Å². The molecule has 1 amide bonds. The summed E-state index contributed by atoms with van der Waals surface area (Å²) in [6.45, 7) is 1.71. The first-order valence-electron chi connectivity index (χ1n) is 6.16. The first-order valence-corrected chi connectivity index (χ1v) is 6.97. The van der Waals surface area contributed by atoms with Crippen molar-refractivity contribution >= 4 is 28.0 Å². The third-order valence-electron chi connectivity index (χ3n) is 2.84. The van der Waals surface area contributed by atoms with Gasteiger partial charge in [0.15, 0.2) is 5.82 Å². The monoisotopic (exact) mass is 326 g/mol. The maximum absolute atomic E-state index is 12.5. The zero-order valence-electron chi connectivity index (χ0n) is 11.2. The summed E-state index contributed by atoms with van der Waals surface area (Å²) in [5.74, 6) is -2.15. The number of halogens is 3. The predicted octanol–water partition coefficient (Wildman–Crippen LogP) is 3.27. The molecule has 9 heteroatoms. The minimum absolute atomic E-state index is 0.0899. The van der Waals surface area contributed by atoms with Gasteiger partial charge in [0.25, 0.3) is 0 Å². The Bertz CT molecular complexity index is 838. The molecule has 2 heterocycles. The lowest BCUT2D eigenvalue weighted by Gasteiger charge is -2.08. The molecule has 0 saturated carbocycles. The molecule has 0 bridgehead atoms. The van der Waals surface area contributed by atoms with Crippen LogP contribution in [0.3, 0.4) is 0 Å². The highest BCUT2D eigenvalue weighted by Crippen LogP contribution is 2.31.